The van der Waals surface area contributed by atoms with E-state index < -0.39 is 11.9 Å². The average Bonchev–Trinajstić information content (AvgIpc) is 2.44. The maximum Gasteiger partial charge on any atom is 0.312 e. The normalized spacial score (nSPS) is 17.9. The van der Waals surface area contributed by atoms with E-state index >= 15 is 0 Å². The first-order valence-electron chi connectivity index (χ1n) is 6.35. The summed E-state index contributed by atoms with van der Waals surface area (Å²) in [5, 5.41) is 11.9. The Labute approximate surface area is 117 Å². The zero-order valence-corrected chi connectivity index (χ0v) is 11.0. The van der Waals surface area contributed by atoms with Gasteiger partial charge >= 0.3 is 5.97 Å². The van der Waals surface area contributed by atoms with Gasteiger partial charge in [0, 0.05) is 13.1 Å². The number of benzene rings is 1. The van der Waals surface area contributed by atoms with Gasteiger partial charge in [-0.15, -0.1) is 6.42 Å². The first kappa shape index (κ1) is 14.1. The van der Waals surface area contributed by atoms with Gasteiger partial charge in [-0.3, -0.25) is 14.5 Å². The lowest BCUT2D eigenvalue weighted by molar-refractivity contribution is -0.140. The van der Waals surface area contributed by atoms with Gasteiger partial charge < -0.3 is 10.4 Å². The van der Waals surface area contributed by atoms with Crippen LogP contribution in [0.3, 0.4) is 0 Å². The third-order valence-electron chi connectivity index (χ3n) is 3.32. The van der Waals surface area contributed by atoms with E-state index in [2.05, 4.69) is 11.2 Å². The Hall–Kier alpha value is -2.32. The van der Waals surface area contributed by atoms with Crippen LogP contribution in [0, 0.1) is 12.3 Å². The summed E-state index contributed by atoms with van der Waals surface area (Å²) >= 11 is 0. The van der Waals surface area contributed by atoms with Crippen molar-refractivity contribution in [2.75, 3.05) is 19.6 Å². The summed E-state index contributed by atoms with van der Waals surface area (Å²) in [5.74, 6) is 0.679. The fourth-order valence-electron chi connectivity index (χ4n) is 2.42. The van der Waals surface area contributed by atoms with Gasteiger partial charge in [0.25, 0.3) is 0 Å². The molecule has 0 bridgehead atoms. The topological polar surface area (TPSA) is 69.6 Å². The van der Waals surface area contributed by atoms with E-state index in [0.717, 1.165) is 11.1 Å². The Kier molecular flexibility index (Phi) is 4.38. The number of aliphatic carboxylic acids is 1. The molecular formula is C15H16N2O3. The number of nitrogens with zero attached hydrogens (tertiary/aromatic N) is 1. The number of fused-ring (bicyclic) bond motifs is 1. The summed E-state index contributed by atoms with van der Waals surface area (Å²) in [5.41, 5.74) is 1.79. The lowest BCUT2D eigenvalue weighted by Crippen LogP contribution is -2.42. The molecule has 2 rings (SSSR count). The summed E-state index contributed by atoms with van der Waals surface area (Å²) < 4.78 is 0. The molecule has 0 saturated heterocycles. The van der Waals surface area contributed by atoms with E-state index in [1.165, 1.54) is 0 Å². The van der Waals surface area contributed by atoms with Crippen molar-refractivity contribution < 1.29 is 14.7 Å². The zero-order valence-electron chi connectivity index (χ0n) is 11.0. The van der Waals surface area contributed by atoms with Gasteiger partial charge in [0.05, 0.1) is 19.0 Å². The Morgan fingerprint density at radius 2 is 2.20 bits per heavy atom. The van der Waals surface area contributed by atoms with E-state index in [9.17, 15) is 14.7 Å². The molecule has 5 heteroatoms. The summed E-state index contributed by atoms with van der Waals surface area (Å²) in [6, 6.07) is 7.45. The van der Waals surface area contributed by atoms with Gasteiger partial charge in [0.15, 0.2) is 0 Å². The van der Waals surface area contributed by atoms with Crippen LogP contribution in [0.4, 0.5) is 0 Å². The summed E-state index contributed by atoms with van der Waals surface area (Å²) in [4.78, 5) is 24.9. The highest BCUT2D eigenvalue weighted by Gasteiger charge is 2.30. The molecule has 0 saturated carbocycles. The minimum Gasteiger partial charge on any atom is -0.481 e. The summed E-state index contributed by atoms with van der Waals surface area (Å²) in [6.45, 7) is 1.24. The molecule has 0 spiro atoms. The fraction of sp³-hybridized carbons (Fsp3) is 0.333. The number of hydrogen-bond acceptors (Lipinski definition) is 3. The second kappa shape index (κ2) is 6.22. The number of amides is 1. The van der Waals surface area contributed by atoms with E-state index in [1.807, 2.05) is 29.2 Å². The lowest BCUT2D eigenvalue weighted by Gasteiger charge is -2.32. The standard InChI is InChI=1S/C15H16N2O3/c1-2-7-16-14(18)10-17-8-11-5-3-4-6-12(11)13(9-17)15(19)20/h1,3-6,13H,7-10H2,(H,16,18)(H,19,20). The van der Waals surface area contributed by atoms with Crippen molar-refractivity contribution in [1.29, 1.82) is 0 Å². The van der Waals surface area contributed by atoms with Crippen LogP contribution in [-0.2, 0) is 16.1 Å². The van der Waals surface area contributed by atoms with Gasteiger partial charge in [-0.2, -0.15) is 0 Å². The predicted molar refractivity (Wildman–Crippen MR) is 73.9 cm³/mol. The number of carboxylic acids is 1. The molecular weight excluding hydrogens is 256 g/mol. The van der Waals surface area contributed by atoms with Crippen molar-refractivity contribution >= 4 is 11.9 Å². The van der Waals surface area contributed by atoms with Gasteiger partial charge in [0.1, 0.15) is 0 Å². The van der Waals surface area contributed by atoms with Crippen LogP contribution in [0.1, 0.15) is 17.0 Å². The first-order valence-corrected chi connectivity index (χ1v) is 6.35. The van der Waals surface area contributed by atoms with Crippen LogP contribution in [0.5, 0.6) is 0 Å². The quantitative estimate of drug-likeness (QED) is 0.779. The number of carbonyl (C=O) groups excluding carboxylic acids is 1. The molecule has 1 unspecified atom stereocenters. The highest BCUT2D eigenvalue weighted by molar-refractivity contribution is 5.79. The molecule has 0 radical (unpaired) electrons. The third-order valence-corrected chi connectivity index (χ3v) is 3.32. The predicted octanol–water partition coefficient (Wildman–Crippen LogP) is 0.420. The second-order valence-electron chi connectivity index (χ2n) is 4.74. The molecule has 0 aromatic heterocycles. The van der Waals surface area contributed by atoms with Crippen molar-refractivity contribution in [3.63, 3.8) is 0 Å². The molecule has 1 atom stereocenters. The molecule has 1 aliphatic rings. The number of carbonyl (C=O) groups is 2. The van der Waals surface area contributed by atoms with Crippen molar-refractivity contribution in [1.82, 2.24) is 10.2 Å². The molecule has 1 aromatic rings. The van der Waals surface area contributed by atoms with Gasteiger partial charge in [-0.05, 0) is 11.1 Å². The van der Waals surface area contributed by atoms with Gasteiger partial charge in [-0.1, -0.05) is 30.2 Å². The van der Waals surface area contributed by atoms with Crippen LogP contribution >= 0.6 is 0 Å². The third kappa shape index (κ3) is 3.16. The molecule has 0 fully saturated rings. The molecule has 1 heterocycles. The minimum atomic E-state index is -0.869. The van der Waals surface area contributed by atoms with Crippen LogP contribution in [-0.4, -0.2) is 41.5 Å². The lowest BCUT2D eigenvalue weighted by atomic mass is 9.90. The summed E-state index contributed by atoms with van der Waals surface area (Å²) in [7, 11) is 0. The zero-order chi connectivity index (χ0) is 14.5. The van der Waals surface area contributed by atoms with E-state index in [1.54, 1.807) is 0 Å². The molecule has 1 aliphatic heterocycles. The smallest absolute Gasteiger partial charge is 0.312 e. The number of terminal acetylenes is 1. The Balaban J connectivity index is 2.11. The summed E-state index contributed by atoms with van der Waals surface area (Å²) in [6.07, 6.45) is 5.08. The maximum atomic E-state index is 11.7. The Bertz CT molecular complexity index is 562. The molecule has 5 nitrogen and oxygen atoms in total. The van der Waals surface area contributed by atoms with Crippen LogP contribution in [0.2, 0.25) is 0 Å². The van der Waals surface area contributed by atoms with E-state index in [4.69, 9.17) is 6.42 Å². The molecule has 2 N–H and O–H groups in total. The Morgan fingerprint density at radius 3 is 2.90 bits per heavy atom. The number of rotatable bonds is 4. The molecule has 1 aromatic carbocycles. The second-order valence-corrected chi connectivity index (χ2v) is 4.74. The number of hydrogen-bond donors (Lipinski definition) is 2. The molecule has 1 amide bonds. The van der Waals surface area contributed by atoms with Crippen molar-refractivity contribution in [3.05, 3.63) is 35.4 Å². The molecule has 0 aliphatic carbocycles. The van der Waals surface area contributed by atoms with E-state index in [0.29, 0.717) is 13.1 Å². The first-order chi connectivity index (χ1) is 9.61. The van der Waals surface area contributed by atoms with Crippen LogP contribution < -0.4 is 5.32 Å². The van der Waals surface area contributed by atoms with Crippen molar-refractivity contribution in [2.45, 2.75) is 12.5 Å². The van der Waals surface area contributed by atoms with Crippen molar-refractivity contribution in [3.8, 4) is 12.3 Å². The van der Waals surface area contributed by atoms with Crippen LogP contribution in [0.15, 0.2) is 24.3 Å². The molecule has 20 heavy (non-hydrogen) atoms. The largest absolute Gasteiger partial charge is 0.481 e. The fourth-order valence-corrected chi connectivity index (χ4v) is 2.42. The minimum absolute atomic E-state index is 0.153. The number of nitrogens with one attached hydrogen (secondary N) is 1. The van der Waals surface area contributed by atoms with E-state index in [-0.39, 0.29) is 19.0 Å². The van der Waals surface area contributed by atoms with Crippen LogP contribution in [0.25, 0.3) is 0 Å². The highest BCUT2D eigenvalue weighted by Crippen LogP contribution is 2.28. The highest BCUT2D eigenvalue weighted by atomic mass is 16.4. The number of carboxylic acid groups (broad SMARTS) is 1. The van der Waals surface area contributed by atoms with Gasteiger partial charge in [-0.25, -0.2) is 0 Å². The average molecular weight is 272 g/mol. The van der Waals surface area contributed by atoms with Crippen molar-refractivity contribution in [2.24, 2.45) is 0 Å². The monoisotopic (exact) mass is 272 g/mol. The van der Waals surface area contributed by atoms with Gasteiger partial charge in [0.2, 0.25) is 5.91 Å². The molecule has 104 valence electrons. The Morgan fingerprint density at radius 1 is 1.45 bits per heavy atom. The maximum absolute atomic E-state index is 11.7. The SMILES string of the molecule is C#CCNC(=O)CN1Cc2ccccc2C(C(=O)O)C1.